The standard InChI is InChI=1S/C18H29NO3.Na/c20-15-9-7-5-3-1-2-4-6-8-14-19-17-12-10-16(11-13-17)18(21)22;/h10-13,19-20H,1-9,14-15H2,(H,21,22);/q;+1/p-1. The molecule has 0 bridgehead atoms. The van der Waals surface area contributed by atoms with Gasteiger partial charge in [0.25, 0.3) is 0 Å². The Morgan fingerprint density at radius 2 is 1.35 bits per heavy atom. The molecule has 0 aliphatic heterocycles. The number of aliphatic hydroxyl groups is 1. The third-order valence-electron chi connectivity index (χ3n) is 3.78. The van der Waals surface area contributed by atoms with E-state index < -0.39 is 5.97 Å². The molecule has 2 N–H and O–H groups in total. The number of aliphatic hydroxyl groups excluding tert-OH is 1. The van der Waals surface area contributed by atoms with Crippen LogP contribution in [0.15, 0.2) is 24.3 Å². The van der Waals surface area contributed by atoms with Gasteiger partial charge >= 0.3 is 29.6 Å². The Hall–Kier alpha value is -0.550. The van der Waals surface area contributed by atoms with Crippen LogP contribution in [0.4, 0.5) is 5.69 Å². The molecule has 1 aromatic rings. The van der Waals surface area contributed by atoms with Crippen LogP contribution >= 0.6 is 0 Å². The molecule has 0 fully saturated rings. The topological polar surface area (TPSA) is 72.4 Å². The molecule has 0 aliphatic carbocycles. The molecule has 0 aromatic heterocycles. The summed E-state index contributed by atoms with van der Waals surface area (Å²) < 4.78 is 0. The second kappa shape index (κ2) is 15.0. The summed E-state index contributed by atoms with van der Waals surface area (Å²) in [7, 11) is 0. The number of carbonyl (C=O) groups is 1. The summed E-state index contributed by atoms with van der Waals surface area (Å²) in [5.41, 5.74) is 1.17. The second-order valence-corrected chi connectivity index (χ2v) is 5.70. The number of rotatable bonds is 13. The summed E-state index contributed by atoms with van der Waals surface area (Å²) >= 11 is 0. The normalized spacial score (nSPS) is 10.1. The minimum atomic E-state index is -1.14. The Bertz CT molecular complexity index is 409. The molecule has 0 saturated heterocycles. The van der Waals surface area contributed by atoms with Crippen molar-refractivity contribution >= 4 is 11.7 Å². The van der Waals surface area contributed by atoms with Crippen LogP contribution in [0.25, 0.3) is 0 Å². The molecule has 124 valence electrons. The number of benzene rings is 1. The number of hydrogen-bond acceptors (Lipinski definition) is 4. The predicted molar refractivity (Wildman–Crippen MR) is 87.9 cm³/mol. The second-order valence-electron chi connectivity index (χ2n) is 5.70. The number of aromatic carboxylic acids is 1. The van der Waals surface area contributed by atoms with Crippen molar-refractivity contribution in [2.24, 2.45) is 0 Å². The first-order valence-electron chi connectivity index (χ1n) is 8.40. The summed E-state index contributed by atoms with van der Waals surface area (Å²) in [6, 6.07) is 6.68. The zero-order valence-electron chi connectivity index (χ0n) is 14.4. The fourth-order valence-electron chi connectivity index (χ4n) is 2.43. The summed E-state index contributed by atoms with van der Waals surface area (Å²) in [5, 5.41) is 22.6. The van der Waals surface area contributed by atoms with Crippen LogP contribution in [0.5, 0.6) is 0 Å². The summed E-state index contributed by atoms with van der Waals surface area (Å²) in [6.45, 7) is 1.24. The van der Waals surface area contributed by atoms with E-state index in [1.807, 2.05) is 0 Å². The van der Waals surface area contributed by atoms with Gasteiger partial charge in [-0.1, -0.05) is 57.1 Å². The fraction of sp³-hybridized carbons (Fsp3) is 0.611. The minimum Gasteiger partial charge on any atom is -0.545 e. The van der Waals surface area contributed by atoms with E-state index in [0.717, 1.165) is 31.5 Å². The molecule has 0 spiro atoms. The van der Waals surface area contributed by atoms with E-state index in [1.54, 1.807) is 24.3 Å². The van der Waals surface area contributed by atoms with Gasteiger partial charge in [-0.25, -0.2) is 0 Å². The van der Waals surface area contributed by atoms with Crippen molar-refractivity contribution in [1.29, 1.82) is 0 Å². The molecule has 0 heterocycles. The first-order valence-corrected chi connectivity index (χ1v) is 8.40. The molecule has 0 unspecified atom stereocenters. The molecule has 0 saturated carbocycles. The van der Waals surface area contributed by atoms with Gasteiger partial charge in [0, 0.05) is 18.8 Å². The third kappa shape index (κ3) is 11.6. The first-order chi connectivity index (χ1) is 10.7. The Balaban J connectivity index is 0.00000484. The molecule has 1 aromatic carbocycles. The SMILES string of the molecule is O=C([O-])c1ccc(NCCCCCCCCCCCO)cc1.[Na+]. The van der Waals surface area contributed by atoms with Gasteiger partial charge in [-0.3, -0.25) is 0 Å². The number of nitrogens with one attached hydrogen (secondary N) is 1. The van der Waals surface area contributed by atoms with Crippen molar-refractivity contribution < 1.29 is 44.6 Å². The average Bonchev–Trinajstić information content (AvgIpc) is 2.53. The number of unbranched alkanes of at least 4 members (excludes halogenated alkanes) is 8. The fourth-order valence-corrected chi connectivity index (χ4v) is 2.43. The van der Waals surface area contributed by atoms with Crippen LogP contribution in [0.3, 0.4) is 0 Å². The molecular formula is C18H28NNaO3. The minimum absolute atomic E-state index is 0. The molecule has 5 heteroatoms. The van der Waals surface area contributed by atoms with Gasteiger partial charge in [0.1, 0.15) is 0 Å². The van der Waals surface area contributed by atoms with E-state index in [4.69, 9.17) is 5.11 Å². The Kier molecular flexibility index (Phi) is 14.6. The van der Waals surface area contributed by atoms with Crippen molar-refractivity contribution in [3.05, 3.63) is 29.8 Å². The maximum atomic E-state index is 10.6. The molecule has 0 radical (unpaired) electrons. The summed E-state index contributed by atoms with van der Waals surface area (Å²) in [5.74, 6) is -1.14. The Labute approximate surface area is 162 Å². The van der Waals surface area contributed by atoms with E-state index in [2.05, 4.69) is 5.32 Å². The molecule has 1 rings (SSSR count). The largest absolute Gasteiger partial charge is 1.00 e. The number of hydrogen-bond donors (Lipinski definition) is 2. The van der Waals surface area contributed by atoms with Crippen molar-refractivity contribution in [3.8, 4) is 0 Å². The zero-order valence-corrected chi connectivity index (χ0v) is 16.4. The van der Waals surface area contributed by atoms with Gasteiger partial charge in [0.2, 0.25) is 0 Å². The Morgan fingerprint density at radius 1 is 0.870 bits per heavy atom. The van der Waals surface area contributed by atoms with Crippen LogP contribution in [0.1, 0.15) is 68.1 Å². The van der Waals surface area contributed by atoms with E-state index in [0.29, 0.717) is 6.61 Å². The van der Waals surface area contributed by atoms with Crippen molar-refractivity contribution in [2.75, 3.05) is 18.5 Å². The van der Waals surface area contributed by atoms with Crippen LogP contribution in [0.2, 0.25) is 0 Å². The van der Waals surface area contributed by atoms with Crippen molar-refractivity contribution in [2.45, 2.75) is 57.8 Å². The maximum absolute atomic E-state index is 10.6. The summed E-state index contributed by atoms with van der Waals surface area (Å²) in [4.78, 5) is 10.6. The zero-order chi connectivity index (χ0) is 16.0. The van der Waals surface area contributed by atoms with Gasteiger partial charge in [-0.05, 0) is 30.5 Å². The molecular weight excluding hydrogens is 301 g/mol. The molecule has 23 heavy (non-hydrogen) atoms. The van der Waals surface area contributed by atoms with Gasteiger partial charge < -0.3 is 20.3 Å². The molecule has 4 nitrogen and oxygen atoms in total. The van der Waals surface area contributed by atoms with Gasteiger partial charge in [-0.15, -0.1) is 0 Å². The monoisotopic (exact) mass is 329 g/mol. The van der Waals surface area contributed by atoms with Gasteiger partial charge in [0.15, 0.2) is 0 Å². The molecule has 0 atom stereocenters. The van der Waals surface area contributed by atoms with Crippen LogP contribution in [-0.4, -0.2) is 24.2 Å². The molecule has 0 amide bonds. The van der Waals surface area contributed by atoms with E-state index in [-0.39, 0.29) is 35.1 Å². The number of carbonyl (C=O) groups excluding carboxylic acids is 1. The van der Waals surface area contributed by atoms with Crippen LogP contribution in [0, 0.1) is 0 Å². The maximum Gasteiger partial charge on any atom is 1.00 e. The smallest absolute Gasteiger partial charge is 0.545 e. The summed E-state index contributed by atoms with van der Waals surface area (Å²) in [6.07, 6.45) is 10.8. The van der Waals surface area contributed by atoms with Gasteiger partial charge in [0.05, 0.1) is 5.97 Å². The number of anilines is 1. The number of carboxylic acid groups (broad SMARTS) is 1. The van der Waals surface area contributed by atoms with Crippen molar-refractivity contribution in [3.63, 3.8) is 0 Å². The number of carboxylic acids is 1. The molecule has 0 aliphatic rings. The third-order valence-corrected chi connectivity index (χ3v) is 3.78. The predicted octanol–water partition coefficient (Wildman–Crippen LogP) is -0.0308. The van der Waals surface area contributed by atoms with E-state index >= 15 is 0 Å². The first kappa shape index (κ1) is 22.4. The average molecular weight is 329 g/mol. The van der Waals surface area contributed by atoms with E-state index in [9.17, 15) is 9.90 Å². The van der Waals surface area contributed by atoms with Crippen LogP contribution < -0.4 is 40.0 Å². The van der Waals surface area contributed by atoms with Crippen molar-refractivity contribution in [1.82, 2.24) is 0 Å². The quantitative estimate of drug-likeness (QED) is 0.394. The van der Waals surface area contributed by atoms with Crippen LogP contribution in [-0.2, 0) is 0 Å². The van der Waals surface area contributed by atoms with Gasteiger partial charge in [-0.2, -0.15) is 0 Å². The Morgan fingerprint density at radius 3 is 1.83 bits per heavy atom. The van der Waals surface area contributed by atoms with E-state index in [1.165, 1.54) is 38.5 Å².